The fourth-order valence-electron chi connectivity index (χ4n) is 0.366. The number of carbonyl (C=O) groups excluding carboxylic acids is 1. The average Bonchev–Trinajstić information content (AvgIpc) is 1.62. The second kappa shape index (κ2) is 3.18. The maximum atomic E-state index is 9.93. The van der Waals surface area contributed by atoms with Gasteiger partial charge in [-0.25, -0.2) is 0 Å². The summed E-state index contributed by atoms with van der Waals surface area (Å²) in [4.78, 5) is 9.93. The van der Waals surface area contributed by atoms with E-state index in [1.54, 1.807) is 0 Å². The van der Waals surface area contributed by atoms with Crippen molar-refractivity contribution in [1.29, 1.82) is 0 Å². The summed E-state index contributed by atoms with van der Waals surface area (Å²) in [5.74, 6) is 0. The number of rotatable bonds is 2. The summed E-state index contributed by atoms with van der Waals surface area (Å²) >= 11 is 5.36. The molecule has 0 aromatic carbocycles. The van der Waals surface area contributed by atoms with Crippen molar-refractivity contribution >= 4 is 17.9 Å². The first kappa shape index (κ1) is 8.92. The molecule has 9 heavy (non-hydrogen) atoms. The van der Waals surface area contributed by atoms with Crippen LogP contribution in [0.3, 0.4) is 0 Å². The molecule has 0 aromatic rings. The fourth-order valence-corrected chi connectivity index (χ4v) is 0.633. The van der Waals surface area contributed by atoms with E-state index >= 15 is 0 Å². The van der Waals surface area contributed by atoms with Crippen LogP contribution in [-0.4, -0.2) is 17.5 Å². The molecule has 1 atom stereocenters. The molecule has 1 unspecified atom stereocenters. The van der Waals surface area contributed by atoms with Gasteiger partial charge < -0.3 is 4.74 Å². The summed E-state index contributed by atoms with van der Waals surface area (Å²) in [5, 5.41) is 0. The van der Waals surface area contributed by atoms with E-state index in [9.17, 15) is 4.79 Å². The Hall–Kier alpha value is -0.0800. The molecule has 0 rings (SSSR count). The van der Waals surface area contributed by atoms with Gasteiger partial charge in [-0.15, -0.1) is 0 Å². The van der Waals surface area contributed by atoms with Gasteiger partial charge in [0.05, 0.1) is 5.60 Å². The van der Waals surface area contributed by atoms with Crippen molar-refractivity contribution in [3.8, 4) is 0 Å². The first-order chi connectivity index (χ1) is 3.95. The SMILES string of the molecule is CC(C)(C)OC(Cl)C=O. The van der Waals surface area contributed by atoms with Crippen LogP contribution in [0, 0.1) is 0 Å². The van der Waals surface area contributed by atoms with E-state index in [2.05, 4.69) is 0 Å². The molecule has 3 heteroatoms. The Morgan fingerprint density at radius 3 is 2.11 bits per heavy atom. The second-order valence-electron chi connectivity index (χ2n) is 2.72. The van der Waals surface area contributed by atoms with Gasteiger partial charge >= 0.3 is 0 Å². The molecule has 0 spiro atoms. The summed E-state index contributed by atoms with van der Waals surface area (Å²) in [5.41, 5.74) is -1.15. The molecular formula is C6H11ClO2. The predicted octanol–water partition coefficient (Wildman–Crippen LogP) is 1.57. The zero-order chi connectivity index (χ0) is 7.49. The van der Waals surface area contributed by atoms with Crippen molar-refractivity contribution in [3.05, 3.63) is 0 Å². The molecule has 0 N–H and O–H groups in total. The highest BCUT2D eigenvalue weighted by Crippen LogP contribution is 2.11. The molecule has 54 valence electrons. The molecule has 0 aliphatic rings. The van der Waals surface area contributed by atoms with E-state index in [4.69, 9.17) is 16.3 Å². The van der Waals surface area contributed by atoms with Gasteiger partial charge in [0.2, 0.25) is 0 Å². The van der Waals surface area contributed by atoms with Crippen LogP contribution in [0.5, 0.6) is 0 Å². The second-order valence-corrected chi connectivity index (χ2v) is 3.15. The zero-order valence-corrected chi connectivity index (χ0v) is 6.61. The smallest absolute Gasteiger partial charge is 0.187 e. The number of aldehydes is 1. The lowest BCUT2D eigenvalue weighted by atomic mass is 10.2. The van der Waals surface area contributed by atoms with E-state index in [1.807, 2.05) is 20.8 Å². The van der Waals surface area contributed by atoms with Crippen LogP contribution in [0.4, 0.5) is 0 Å². The highest BCUT2D eigenvalue weighted by Gasteiger charge is 2.15. The van der Waals surface area contributed by atoms with Gasteiger partial charge in [-0.1, -0.05) is 11.6 Å². The predicted molar refractivity (Wildman–Crippen MR) is 36.5 cm³/mol. The quantitative estimate of drug-likeness (QED) is 0.441. The van der Waals surface area contributed by atoms with E-state index < -0.39 is 5.56 Å². The van der Waals surface area contributed by atoms with E-state index in [0.717, 1.165) is 0 Å². The van der Waals surface area contributed by atoms with Crippen LogP contribution in [0.2, 0.25) is 0 Å². The third kappa shape index (κ3) is 5.80. The van der Waals surface area contributed by atoms with E-state index in [-0.39, 0.29) is 5.60 Å². The number of hydrogen-bond acceptors (Lipinski definition) is 2. The minimum absolute atomic E-state index is 0.340. The van der Waals surface area contributed by atoms with Crippen LogP contribution in [-0.2, 0) is 9.53 Å². The summed E-state index contributed by atoms with van der Waals surface area (Å²) in [6.45, 7) is 5.52. The van der Waals surface area contributed by atoms with Crippen molar-refractivity contribution in [2.24, 2.45) is 0 Å². The highest BCUT2D eigenvalue weighted by molar-refractivity contribution is 6.26. The Morgan fingerprint density at radius 2 is 2.00 bits per heavy atom. The molecule has 2 nitrogen and oxygen atoms in total. The normalized spacial score (nSPS) is 15.1. The zero-order valence-electron chi connectivity index (χ0n) is 5.85. The first-order valence-corrected chi connectivity index (χ1v) is 3.16. The van der Waals surface area contributed by atoms with Crippen LogP contribution in [0.1, 0.15) is 20.8 Å². The van der Waals surface area contributed by atoms with Gasteiger partial charge in [-0.3, -0.25) is 4.79 Å². The molecule has 0 amide bonds. The first-order valence-electron chi connectivity index (χ1n) is 2.73. The standard InChI is InChI=1S/C6H11ClO2/c1-6(2,3)9-5(7)4-8/h4-5H,1-3H3. The Labute approximate surface area is 60.1 Å². The molecule has 0 saturated carbocycles. The van der Waals surface area contributed by atoms with E-state index in [0.29, 0.717) is 6.29 Å². The lowest BCUT2D eigenvalue weighted by Crippen LogP contribution is -2.24. The van der Waals surface area contributed by atoms with Crippen LogP contribution < -0.4 is 0 Å². The third-order valence-electron chi connectivity index (χ3n) is 0.573. The molecule has 0 saturated heterocycles. The van der Waals surface area contributed by atoms with Gasteiger partial charge in [0, 0.05) is 0 Å². The molecule has 0 radical (unpaired) electrons. The average molecular weight is 151 g/mol. The summed E-state index contributed by atoms with van der Waals surface area (Å²) in [6, 6.07) is 0. The fraction of sp³-hybridized carbons (Fsp3) is 0.833. The minimum Gasteiger partial charge on any atom is -0.350 e. The van der Waals surface area contributed by atoms with Crippen LogP contribution >= 0.6 is 11.6 Å². The Kier molecular flexibility index (Phi) is 3.15. The maximum Gasteiger partial charge on any atom is 0.187 e. The van der Waals surface area contributed by atoms with Gasteiger partial charge in [0.15, 0.2) is 11.8 Å². The number of ether oxygens (including phenoxy) is 1. The van der Waals surface area contributed by atoms with Crippen molar-refractivity contribution in [3.63, 3.8) is 0 Å². The summed E-state index contributed by atoms with van der Waals surface area (Å²) < 4.78 is 4.98. The number of hydrogen-bond donors (Lipinski definition) is 0. The molecule has 0 bridgehead atoms. The Bertz CT molecular complexity index is 95.7. The number of carbonyl (C=O) groups is 1. The van der Waals surface area contributed by atoms with Gasteiger partial charge in [-0.2, -0.15) is 0 Å². The van der Waals surface area contributed by atoms with Crippen molar-refractivity contribution in [1.82, 2.24) is 0 Å². The van der Waals surface area contributed by atoms with Crippen molar-refractivity contribution in [2.75, 3.05) is 0 Å². The topological polar surface area (TPSA) is 26.3 Å². The van der Waals surface area contributed by atoms with Crippen molar-refractivity contribution in [2.45, 2.75) is 31.9 Å². The minimum atomic E-state index is -0.815. The Morgan fingerprint density at radius 1 is 1.56 bits per heavy atom. The molecule has 0 aromatic heterocycles. The van der Waals surface area contributed by atoms with Gasteiger partial charge in [0.25, 0.3) is 0 Å². The molecule has 0 fully saturated rings. The van der Waals surface area contributed by atoms with Gasteiger partial charge in [-0.05, 0) is 20.8 Å². The largest absolute Gasteiger partial charge is 0.350 e. The lowest BCUT2D eigenvalue weighted by Gasteiger charge is -2.20. The number of alkyl halides is 1. The third-order valence-corrected chi connectivity index (χ3v) is 0.765. The molecule has 0 aliphatic heterocycles. The lowest BCUT2D eigenvalue weighted by molar-refractivity contribution is -0.119. The Balaban J connectivity index is 3.59. The van der Waals surface area contributed by atoms with Crippen molar-refractivity contribution < 1.29 is 9.53 Å². The maximum absolute atomic E-state index is 9.93. The van der Waals surface area contributed by atoms with Crippen LogP contribution in [0.15, 0.2) is 0 Å². The summed E-state index contributed by atoms with van der Waals surface area (Å²) in [7, 11) is 0. The van der Waals surface area contributed by atoms with Gasteiger partial charge in [0.1, 0.15) is 0 Å². The number of halogens is 1. The summed E-state index contributed by atoms with van der Waals surface area (Å²) in [6.07, 6.45) is 0.562. The molecular weight excluding hydrogens is 140 g/mol. The molecule has 0 aliphatic carbocycles. The van der Waals surface area contributed by atoms with Crippen LogP contribution in [0.25, 0.3) is 0 Å². The highest BCUT2D eigenvalue weighted by atomic mass is 35.5. The monoisotopic (exact) mass is 150 g/mol. The van der Waals surface area contributed by atoms with E-state index in [1.165, 1.54) is 0 Å². The molecule has 0 heterocycles.